The molecule has 0 unspecified atom stereocenters. The summed E-state index contributed by atoms with van der Waals surface area (Å²) in [4.78, 5) is 27.7. The highest BCUT2D eigenvalue weighted by molar-refractivity contribution is 7.14. The Labute approximate surface area is 125 Å². The number of fused-ring (bicyclic) bond motifs is 1. The van der Waals surface area contributed by atoms with Crippen LogP contribution in [-0.2, 0) is 4.79 Å². The average Bonchev–Trinajstić information content (AvgIpc) is 3.05. The minimum atomic E-state index is -0.0135. The monoisotopic (exact) mass is 301 g/mol. The molecule has 108 valence electrons. The highest BCUT2D eigenvalue weighted by Gasteiger charge is 2.12. The zero-order valence-corrected chi connectivity index (χ0v) is 12.6. The predicted octanol–water partition coefficient (Wildman–Crippen LogP) is 3.07. The predicted molar refractivity (Wildman–Crippen MR) is 83.1 cm³/mol. The molecule has 0 aliphatic heterocycles. The third kappa shape index (κ3) is 2.92. The SMILES string of the molecule is CC(C)CC(=O)Nc1nc(-c2ncnc3[nH]ccc23)cs1. The fraction of sp³-hybridized carbons (Fsp3) is 0.286. The summed E-state index contributed by atoms with van der Waals surface area (Å²) in [6, 6.07) is 1.92. The van der Waals surface area contributed by atoms with Gasteiger partial charge in [0.25, 0.3) is 0 Å². The molecule has 0 bridgehead atoms. The molecule has 3 heterocycles. The topological polar surface area (TPSA) is 83.6 Å². The molecule has 3 aromatic heterocycles. The van der Waals surface area contributed by atoms with E-state index in [1.54, 1.807) is 0 Å². The lowest BCUT2D eigenvalue weighted by Crippen LogP contribution is -2.13. The van der Waals surface area contributed by atoms with E-state index in [1.807, 2.05) is 31.5 Å². The molecule has 0 radical (unpaired) electrons. The quantitative estimate of drug-likeness (QED) is 0.775. The number of aromatic amines is 1. The largest absolute Gasteiger partial charge is 0.346 e. The average molecular weight is 301 g/mol. The number of hydrogen-bond acceptors (Lipinski definition) is 5. The summed E-state index contributed by atoms with van der Waals surface area (Å²) in [5.74, 6) is 0.311. The number of carbonyl (C=O) groups excluding carboxylic acids is 1. The summed E-state index contributed by atoms with van der Waals surface area (Å²) in [5, 5.41) is 6.23. The van der Waals surface area contributed by atoms with Gasteiger partial charge in [0.05, 0.1) is 0 Å². The van der Waals surface area contributed by atoms with Crippen molar-refractivity contribution in [3.8, 4) is 11.4 Å². The molecule has 21 heavy (non-hydrogen) atoms. The summed E-state index contributed by atoms with van der Waals surface area (Å²) >= 11 is 1.40. The number of hydrogen-bond donors (Lipinski definition) is 2. The number of aromatic nitrogens is 4. The maximum Gasteiger partial charge on any atom is 0.226 e. The molecule has 0 atom stereocenters. The van der Waals surface area contributed by atoms with E-state index < -0.39 is 0 Å². The van der Waals surface area contributed by atoms with E-state index in [2.05, 4.69) is 25.3 Å². The van der Waals surface area contributed by atoms with Gasteiger partial charge in [-0.2, -0.15) is 0 Å². The molecule has 2 N–H and O–H groups in total. The molecule has 0 fully saturated rings. The lowest BCUT2D eigenvalue weighted by molar-refractivity contribution is -0.116. The first-order valence-corrected chi connectivity index (χ1v) is 7.55. The summed E-state index contributed by atoms with van der Waals surface area (Å²) < 4.78 is 0. The van der Waals surface area contributed by atoms with Crippen molar-refractivity contribution < 1.29 is 4.79 Å². The fourth-order valence-corrected chi connectivity index (χ4v) is 2.77. The number of nitrogens with one attached hydrogen (secondary N) is 2. The van der Waals surface area contributed by atoms with E-state index in [-0.39, 0.29) is 5.91 Å². The van der Waals surface area contributed by atoms with E-state index in [0.29, 0.717) is 17.5 Å². The van der Waals surface area contributed by atoms with Crippen molar-refractivity contribution in [3.05, 3.63) is 24.0 Å². The Morgan fingerprint density at radius 2 is 2.29 bits per heavy atom. The number of carbonyl (C=O) groups is 1. The van der Waals surface area contributed by atoms with E-state index in [4.69, 9.17) is 0 Å². The van der Waals surface area contributed by atoms with Gasteiger partial charge in [0.15, 0.2) is 5.13 Å². The van der Waals surface area contributed by atoms with Crippen LogP contribution in [0.5, 0.6) is 0 Å². The van der Waals surface area contributed by atoms with Crippen molar-refractivity contribution in [2.24, 2.45) is 5.92 Å². The van der Waals surface area contributed by atoms with Crippen LogP contribution < -0.4 is 5.32 Å². The molecule has 0 spiro atoms. The van der Waals surface area contributed by atoms with Gasteiger partial charge in [0.2, 0.25) is 5.91 Å². The molecular formula is C14H15N5OS. The highest BCUT2D eigenvalue weighted by atomic mass is 32.1. The van der Waals surface area contributed by atoms with E-state index in [0.717, 1.165) is 22.4 Å². The maximum atomic E-state index is 11.8. The van der Waals surface area contributed by atoms with Gasteiger partial charge < -0.3 is 10.3 Å². The first kappa shape index (κ1) is 13.7. The number of thiazole rings is 1. The first-order valence-electron chi connectivity index (χ1n) is 6.67. The highest BCUT2D eigenvalue weighted by Crippen LogP contribution is 2.28. The van der Waals surface area contributed by atoms with Crippen LogP contribution in [0.3, 0.4) is 0 Å². The molecule has 6 nitrogen and oxygen atoms in total. The molecule has 3 rings (SSSR count). The minimum Gasteiger partial charge on any atom is -0.346 e. The van der Waals surface area contributed by atoms with Gasteiger partial charge in [-0.05, 0) is 12.0 Å². The van der Waals surface area contributed by atoms with Gasteiger partial charge in [-0.25, -0.2) is 15.0 Å². The van der Waals surface area contributed by atoms with Crippen molar-refractivity contribution in [1.29, 1.82) is 0 Å². The van der Waals surface area contributed by atoms with Crippen molar-refractivity contribution in [2.45, 2.75) is 20.3 Å². The Hall–Kier alpha value is -2.28. The second-order valence-electron chi connectivity index (χ2n) is 5.15. The number of H-pyrrole nitrogens is 1. The third-order valence-corrected chi connectivity index (χ3v) is 3.70. The molecular weight excluding hydrogens is 286 g/mol. The molecule has 1 amide bonds. The maximum absolute atomic E-state index is 11.8. The van der Waals surface area contributed by atoms with Gasteiger partial charge in [-0.1, -0.05) is 13.8 Å². The van der Waals surface area contributed by atoms with Crippen LogP contribution in [0.4, 0.5) is 5.13 Å². The molecule has 0 saturated heterocycles. The Balaban J connectivity index is 1.85. The van der Waals surface area contributed by atoms with E-state index >= 15 is 0 Å². The summed E-state index contributed by atoms with van der Waals surface area (Å²) in [7, 11) is 0. The molecule has 3 aromatic rings. The second-order valence-corrected chi connectivity index (χ2v) is 6.00. The van der Waals surface area contributed by atoms with Crippen LogP contribution in [0.15, 0.2) is 24.0 Å². The summed E-state index contributed by atoms with van der Waals surface area (Å²) in [6.45, 7) is 4.02. The molecule has 0 saturated carbocycles. The smallest absolute Gasteiger partial charge is 0.226 e. The van der Waals surface area contributed by atoms with Gasteiger partial charge in [0.1, 0.15) is 23.4 Å². The number of amides is 1. The van der Waals surface area contributed by atoms with Crippen LogP contribution in [0.2, 0.25) is 0 Å². The number of anilines is 1. The molecule has 0 aliphatic carbocycles. The molecule has 7 heteroatoms. The van der Waals surface area contributed by atoms with Gasteiger partial charge in [-0.3, -0.25) is 4.79 Å². The van der Waals surface area contributed by atoms with Gasteiger partial charge in [0, 0.05) is 23.4 Å². The van der Waals surface area contributed by atoms with Crippen LogP contribution in [0.1, 0.15) is 20.3 Å². The zero-order valence-electron chi connectivity index (χ0n) is 11.8. The normalized spacial score (nSPS) is 11.2. The number of rotatable bonds is 4. The van der Waals surface area contributed by atoms with Crippen molar-refractivity contribution in [1.82, 2.24) is 19.9 Å². The zero-order chi connectivity index (χ0) is 14.8. The van der Waals surface area contributed by atoms with Crippen LogP contribution in [-0.4, -0.2) is 25.8 Å². The standard InChI is InChI=1S/C14H15N5OS/c1-8(2)5-11(20)19-14-18-10(6-21-14)12-9-3-4-15-13(9)17-7-16-12/h3-4,6-8H,5H2,1-2H3,(H,15,16,17)(H,18,19,20). The molecule has 0 aliphatic rings. The Kier molecular flexibility index (Phi) is 3.66. The van der Waals surface area contributed by atoms with Crippen molar-refractivity contribution in [3.63, 3.8) is 0 Å². The van der Waals surface area contributed by atoms with E-state index in [1.165, 1.54) is 17.7 Å². The molecule has 0 aromatic carbocycles. The lowest BCUT2D eigenvalue weighted by Gasteiger charge is -2.03. The lowest BCUT2D eigenvalue weighted by atomic mass is 10.1. The first-order chi connectivity index (χ1) is 10.1. The van der Waals surface area contributed by atoms with Crippen LogP contribution in [0.25, 0.3) is 22.4 Å². The van der Waals surface area contributed by atoms with Crippen molar-refractivity contribution >= 4 is 33.4 Å². The van der Waals surface area contributed by atoms with E-state index in [9.17, 15) is 4.79 Å². The second kappa shape index (κ2) is 5.61. The number of nitrogens with zero attached hydrogens (tertiary/aromatic N) is 3. The van der Waals surface area contributed by atoms with Crippen LogP contribution in [0, 0.1) is 5.92 Å². The minimum absolute atomic E-state index is 0.0135. The van der Waals surface area contributed by atoms with Crippen molar-refractivity contribution in [2.75, 3.05) is 5.32 Å². The Morgan fingerprint density at radius 3 is 3.10 bits per heavy atom. The fourth-order valence-electron chi connectivity index (χ4n) is 2.06. The Bertz CT molecular complexity index is 776. The Morgan fingerprint density at radius 1 is 1.43 bits per heavy atom. The summed E-state index contributed by atoms with van der Waals surface area (Å²) in [6.07, 6.45) is 3.82. The third-order valence-electron chi connectivity index (χ3n) is 2.94. The van der Waals surface area contributed by atoms with Gasteiger partial charge in [-0.15, -0.1) is 11.3 Å². The van der Waals surface area contributed by atoms with Gasteiger partial charge >= 0.3 is 0 Å². The van der Waals surface area contributed by atoms with Crippen LogP contribution >= 0.6 is 11.3 Å². The summed E-state index contributed by atoms with van der Waals surface area (Å²) in [5.41, 5.74) is 2.28.